The number of benzene rings is 2. The number of amides is 1. The van der Waals surface area contributed by atoms with E-state index in [0.717, 1.165) is 16.5 Å². The van der Waals surface area contributed by atoms with E-state index >= 15 is 0 Å². The molecule has 1 aliphatic heterocycles. The molecule has 1 amide bonds. The van der Waals surface area contributed by atoms with Crippen molar-refractivity contribution in [3.63, 3.8) is 0 Å². The monoisotopic (exact) mass is 392 g/mol. The fourth-order valence-corrected chi connectivity index (χ4v) is 4.55. The van der Waals surface area contributed by atoms with Crippen LogP contribution in [0.3, 0.4) is 0 Å². The quantitative estimate of drug-likeness (QED) is 0.782. The number of carbonyl (C=O) groups is 1. The summed E-state index contributed by atoms with van der Waals surface area (Å²) in [6, 6.07) is 10.7. The summed E-state index contributed by atoms with van der Waals surface area (Å²) in [5.74, 6) is 0.760. The molecule has 0 spiro atoms. The number of fused-ring (bicyclic) bond motifs is 1. The largest absolute Gasteiger partial charge is 0.494 e. The summed E-state index contributed by atoms with van der Waals surface area (Å²) in [5, 5.41) is 1.76. The third-order valence-corrected chi connectivity index (χ3v) is 6.39. The topological polar surface area (TPSA) is 76.2 Å². The van der Waals surface area contributed by atoms with Crippen LogP contribution < -0.4 is 4.74 Å². The van der Waals surface area contributed by atoms with Gasteiger partial charge in [-0.05, 0) is 48.9 Å². The Morgan fingerprint density at radius 3 is 2.30 bits per heavy atom. The fourth-order valence-electron chi connectivity index (χ4n) is 3.09. The average molecular weight is 392 g/mol. The first-order valence-electron chi connectivity index (χ1n) is 9.04. The molecule has 0 unspecified atom stereocenters. The zero-order valence-electron chi connectivity index (χ0n) is 15.6. The van der Waals surface area contributed by atoms with Gasteiger partial charge in [0.1, 0.15) is 5.75 Å². The van der Waals surface area contributed by atoms with Gasteiger partial charge in [-0.2, -0.15) is 4.31 Å². The first-order valence-corrected chi connectivity index (χ1v) is 10.5. The number of ether oxygens (including phenoxy) is 2. The van der Waals surface area contributed by atoms with Crippen LogP contribution in [-0.2, 0) is 14.8 Å². The Morgan fingerprint density at radius 1 is 0.963 bits per heavy atom. The van der Waals surface area contributed by atoms with Gasteiger partial charge in [0.25, 0.3) is 0 Å². The summed E-state index contributed by atoms with van der Waals surface area (Å²) in [6.07, 6.45) is -0.398. The molecule has 1 fully saturated rings. The number of sulfonamides is 1. The Hall–Kier alpha value is -2.32. The van der Waals surface area contributed by atoms with E-state index in [1.807, 2.05) is 25.1 Å². The van der Waals surface area contributed by atoms with Gasteiger partial charge in [-0.15, -0.1) is 0 Å². The second-order valence-electron chi connectivity index (χ2n) is 6.19. The average Bonchev–Trinajstić information content (AvgIpc) is 2.68. The third-order valence-electron chi connectivity index (χ3n) is 4.50. The first kappa shape index (κ1) is 19.4. The Morgan fingerprint density at radius 2 is 1.63 bits per heavy atom. The molecule has 0 radical (unpaired) electrons. The molecule has 0 aliphatic carbocycles. The minimum atomic E-state index is -3.61. The molecule has 0 saturated carbocycles. The van der Waals surface area contributed by atoms with Crippen molar-refractivity contribution in [2.75, 3.05) is 39.4 Å². The van der Waals surface area contributed by atoms with E-state index in [2.05, 4.69) is 0 Å². The van der Waals surface area contributed by atoms with Crippen LogP contribution in [0.4, 0.5) is 4.79 Å². The van der Waals surface area contributed by atoms with Crippen LogP contribution in [-0.4, -0.2) is 63.1 Å². The SMILES string of the molecule is CCOC(=O)N1CCN(S(=O)(=O)c2ccc3cc(OCC)ccc3c2)CC1. The maximum atomic E-state index is 13.0. The molecule has 1 saturated heterocycles. The van der Waals surface area contributed by atoms with Gasteiger partial charge in [0, 0.05) is 26.2 Å². The van der Waals surface area contributed by atoms with Crippen LogP contribution in [0, 0.1) is 0 Å². The predicted octanol–water partition coefficient (Wildman–Crippen LogP) is 2.70. The molecule has 146 valence electrons. The van der Waals surface area contributed by atoms with E-state index in [4.69, 9.17) is 9.47 Å². The Labute approximate surface area is 159 Å². The fraction of sp³-hybridized carbons (Fsp3) is 0.421. The summed E-state index contributed by atoms with van der Waals surface area (Å²) in [4.78, 5) is 13.6. The van der Waals surface area contributed by atoms with Gasteiger partial charge in [0.2, 0.25) is 10.0 Å². The Balaban J connectivity index is 1.77. The van der Waals surface area contributed by atoms with Crippen LogP contribution in [0.25, 0.3) is 10.8 Å². The second-order valence-corrected chi connectivity index (χ2v) is 8.13. The van der Waals surface area contributed by atoms with Crippen LogP contribution in [0.1, 0.15) is 13.8 Å². The number of rotatable bonds is 5. The molecule has 7 nitrogen and oxygen atoms in total. The molecule has 0 bridgehead atoms. The summed E-state index contributed by atoms with van der Waals surface area (Å²) in [7, 11) is -3.61. The molecule has 27 heavy (non-hydrogen) atoms. The number of nitrogens with zero attached hydrogens (tertiary/aromatic N) is 2. The van der Waals surface area contributed by atoms with E-state index in [0.29, 0.717) is 26.3 Å². The zero-order valence-corrected chi connectivity index (χ0v) is 16.4. The van der Waals surface area contributed by atoms with Gasteiger partial charge in [0.15, 0.2) is 0 Å². The van der Waals surface area contributed by atoms with Crippen molar-refractivity contribution >= 4 is 26.9 Å². The maximum absolute atomic E-state index is 13.0. The standard InChI is InChI=1S/C19H24N2O5S/c1-3-25-17-7-5-16-14-18(8-6-15(16)13-17)27(23,24)21-11-9-20(10-12-21)19(22)26-4-2/h5-8,13-14H,3-4,9-12H2,1-2H3. The maximum Gasteiger partial charge on any atom is 0.409 e. The van der Waals surface area contributed by atoms with Gasteiger partial charge in [0.05, 0.1) is 18.1 Å². The van der Waals surface area contributed by atoms with E-state index in [1.54, 1.807) is 25.1 Å². The van der Waals surface area contributed by atoms with E-state index in [9.17, 15) is 13.2 Å². The first-order chi connectivity index (χ1) is 13.0. The van der Waals surface area contributed by atoms with E-state index < -0.39 is 16.1 Å². The van der Waals surface area contributed by atoms with Crippen LogP contribution in [0.2, 0.25) is 0 Å². The van der Waals surface area contributed by atoms with Crippen molar-refractivity contribution in [2.45, 2.75) is 18.7 Å². The number of hydrogen-bond acceptors (Lipinski definition) is 5. The molecular weight excluding hydrogens is 368 g/mol. The molecule has 0 N–H and O–H groups in total. The molecule has 1 aliphatic rings. The third kappa shape index (κ3) is 4.17. The normalized spacial score (nSPS) is 15.7. The summed E-state index contributed by atoms with van der Waals surface area (Å²) in [5.41, 5.74) is 0. The highest BCUT2D eigenvalue weighted by Gasteiger charge is 2.30. The molecule has 3 rings (SSSR count). The van der Waals surface area contributed by atoms with Crippen LogP contribution in [0.15, 0.2) is 41.3 Å². The van der Waals surface area contributed by atoms with E-state index in [-0.39, 0.29) is 18.0 Å². The number of carbonyl (C=O) groups excluding carboxylic acids is 1. The van der Waals surface area contributed by atoms with Crippen molar-refractivity contribution < 1.29 is 22.7 Å². The highest BCUT2D eigenvalue weighted by Crippen LogP contribution is 2.26. The van der Waals surface area contributed by atoms with Gasteiger partial charge < -0.3 is 14.4 Å². The Bertz CT molecular complexity index is 921. The summed E-state index contributed by atoms with van der Waals surface area (Å²) < 4.78 is 37.8. The molecule has 0 atom stereocenters. The number of hydrogen-bond donors (Lipinski definition) is 0. The van der Waals surface area contributed by atoms with Crippen molar-refractivity contribution in [1.82, 2.24) is 9.21 Å². The predicted molar refractivity (Wildman–Crippen MR) is 102 cm³/mol. The molecular formula is C19H24N2O5S. The zero-order chi connectivity index (χ0) is 19.4. The molecule has 2 aromatic rings. The Kier molecular flexibility index (Phi) is 5.86. The molecule has 2 aromatic carbocycles. The second kappa shape index (κ2) is 8.14. The van der Waals surface area contributed by atoms with Crippen molar-refractivity contribution in [3.05, 3.63) is 36.4 Å². The minimum Gasteiger partial charge on any atom is -0.494 e. The van der Waals surface area contributed by atoms with Gasteiger partial charge in [-0.25, -0.2) is 13.2 Å². The van der Waals surface area contributed by atoms with Crippen molar-refractivity contribution in [1.29, 1.82) is 0 Å². The highest BCUT2D eigenvalue weighted by molar-refractivity contribution is 7.89. The lowest BCUT2D eigenvalue weighted by atomic mass is 10.1. The molecule has 8 heteroatoms. The van der Waals surface area contributed by atoms with E-state index in [1.165, 1.54) is 9.21 Å². The van der Waals surface area contributed by atoms with Crippen molar-refractivity contribution in [3.8, 4) is 5.75 Å². The van der Waals surface area contributed by atoms with Gasteiger partial charge in [-0.1, -0.05) is 12.1 Å². The summed E-state index contributed by atoms with van der Waals surface area (Å²) in [6.45, 7) is 5.70. The molecule has 1 heterocycles. The lowest BCUT2D eigenvalue weighted by molar-refractivity contribution is 0.0934. The van der Waals surface area contributed by atoms with Gasteiger partial charge in [-0.3, -0.25) is 0 Å². The van der Waals surface area contributed by atoms with Crippen molar-refractivity contribution in [2.24, 2.45) is 0 Å². The lowest BCUT2D eigenvalue weighted by Crippen LogP contribution is -2.50. The van der Waals surface area contributed by atoms with Crippen LogP contribution >= 0.6 is 0 Å². The van der Waals surface area contributed by atoms with Gasteiger partial charge >= 0.3 is 6.09 Å². The number of piperazine rings is 1. The highest BCUT2D eigenvalue weighted by atomic mass is 32.2. The molecule has 0 aromatic heterocycles. The van der Waals surface area contributed by atoms with Crippen LogP contribution in [0.5, 0.6) is 5.75 Å². The lowest BCUT2D eigenvalue weighted by Gasteiger charge is -2.33. The summed E-state index contributed by atoms with van der Waals surface area (Å²) >= 11 is 0. The minimum absolute atomic E-state index is 0.252. The smallest absolute Gasteiger partial charge is 0.409 e.